The average molecular weight is 158 g/mol. The molecule has 0 aromatic carbocycles. The quantitative estimate of drug-likeness (QED) is 0.510. The molecule has 0 radical (unpaired) electrons. The molecule has 1 fully saturated rings. The van der Waals surface area contributed by atoms with E-state index in [0.717, 1.165) is 0 Å². The molecule has 0 aromatic heterocycles. The highest BCUT2D eigenvalue weighted by Gasteiger charge is 2.28. The molecule has 11 heavy (non-hydrogen) atoms. The number of rotatable bonds is 1. The Hall–Kier alpha value is -0.610. The summed E-state index contributed by atoms with van der Waals surface area (Å²) in [7, 11) is 1.70. The van der Waals surface area contributed by atoms with Gasteiger partial charge in [0.2, 0.25) is 5.91 Å². The lowest BCUT2D eigenvalue weighted by molar-refractivity contribution is -0.136. The molecule has 2 unspecified atom stereocenters. The van der Waals surface area contributed by atoms with Crippen LogP contribution in [0.3, 0.4) is 0 Å². The number of carbonyl (C=O) groups is 1. The van der Waals surface area contributed by atoms with Gasteiger partial charge in [0.1, 0.15) is 0 Å². The molecule has 1 aliphatic rings. The van der Waals surface area contributed by atoms with E-state index in [2.05, 4.69) is 0 Å². The Kier molecular flexibility index (Phi) is 2.46. The van der Waals surface area contributed by atoms with Crippen molar-refractivity contribution in [3.8, 4) is 0 Å². The van der Waals surface area contributed by atoms with Crippen molar-refractivity contribution in [3.05, 3.63) is 0 Å². The van der Waals surface area contributed by atoms with Crippen molar-refractivity contribution < 1.29 is 9.90 Å². The summed E-state index contributed by atoms with van der Waals surface area (Å²) in [5, 5.41) is 8.85. The minimum Gasteiger partial charge on any atom is -0.394 e. The smallest absolute Gasteiger partial charge is 0.224 e. The van der Waals surface area contributed by atoms with Gasteiger partial charge in [0.05, 0.1) is 12.6 Å². The van der Waals surface area contributed by atoms with Gasteiger partial charge in [-0.1, -0.05) is 0 Å². The van der Waals surface area contributed by atoms with Crippen LogP contribution in [0.1, 0.15) is 12.8 Å². The highest BCUT2D eigenvalue weighted by molar-refractivity contribution is 5.77. The van der Waals surface area contributed by atoms with Gasteiger partial charge in [-0.3, -0.25) is 4.79 Å². The van der Waals surface area contributed by atoms with Gasteiger partial charge in [-0.25, -0.2) is 0 Å². The molecule has 4 heteroatoms. The van der Waals surface area contributed by atoms with Crippen LogP contribution in [0.25, 0.3) is 0 Å². The molecule has 64 valence electrons. The van der Waals surface area contributed by atoms with Crippen LogP contribution in [0, 0.1) is 0 Å². The molecule has 3 N–H and O–H groups in total. The van der Waals surface area contributed by atoms with Crippen molar-refractivity contribution in [2.75, 3.05) is 13.7 Å². The molecule has 0 saturated carbocycles. The maximum absolute atomic E-state index is 11.1. The third-order valence-electron chi connectivity index (χ3n) is 2.16. The van der Waals surface area contributed by atoms with Gasteiger partial charge in [0.25, 0.3) is 0 Å². The van der Waals surface area contributed by atoms with Gasteiger partial charge in [0, 0.05) is 19.5 Å². The zero-order valence-corrected chi connectivity index (χ0v) is 6.66. The SMILES string of the molecule is CN1C(=O)CC(N)CC1CO. The molecular formula is C7H14N2O2. The molecule has 0 aromatic rings. The number of nitrogens with zero attached hydrogens (tertiary/aromatic N) is 1. The number of hydrogen-bond donors (Lipinski definition) is 2. The molecule has 0 spiro atoms. The lowest BCUT2D eigenvalue weighted by Crippen LogP contribution is -2.49. The van der Waals surface area contributed by atoms with E-state index < -0.39 is 0 Å². The third-order valence-corrected chi connectivity index (χ3v) is 2.16. The fourth-order valence-corrected chi connectivity index (χ4v) is 1.36. The van der Waals surface area contributed by atoms with Crippen molar-refractivity contribution in [2.24, 2.45) is 5.73 Å². The standard InChI is InChI=1S/C7H14N2O2/c1-9-6(4-10)2-5(8)3-7(9)11/h5-6,10H,2-4,8H2,1H3. The second-order valence-electron chi connectivity index (χ2n) is 3.04. The van der Waals surface area contributed by atoms with Gasteiger partial charge in [-0.05, 0) is 6.42 Å². The van der Waals surface area contributed by atoms with Gasteiger partial charge in [-0.2, -0.15) is 0 Å². The maximum atomic E-state index is 11.1. The number of nitrogens with two attached hydrogens (primary N) is 1. The monoisotopic (exact) mass is 158 g/mol. The fourth-order valence-electron chi connectivity index (χ4n) is 1.36. The lowest BCUT2D eigenvalue weighted by Gasteiger charge is -2.34. The second kappa shape index (κ2) is 3.19. The Morgan fingerprint density at radius 1 is 1.82 bits per heavy atom. The number of carbonyl (C=O) groups excluding carboxylic acids is 1. The highest BCUT2D eigenvalue weighted by Crippen LogP contribution is 2.14. The Morgan fingerprint density at radius 2 is 2.45 bits per heavy atom. The van der Waals surface area contributed by atoms with E-state index in [1.54, 1.807) is 11.9 Å². The molecule has 1 heterocycles. The first-order valence-corrected chi connectivity index (χ1v) is 3.77. The predicted octanol–water partition coefficient (Wildman–Crippen LogP) is -1.07. The van der Waals surface area contributed by atoms with Crippen LogP contribution in [-0.2, 0) is 4.79 Å². The minimum atomic E-state index is -0.0775. The van der Waals surface area contributed by atoms with Crippen molar-refractivity contribution in [1.82, 2.24) is 4.90 Å². The summed E-state index contributed by atoms with van der Waals surface area (Å²) >= 11 is 0. The number of likely N-dealkylation sites (N-methyl/N-ethyl adjacent to an activating group) is 1. The zero-order valence-electron chi connectivity index (χ0n) is 6.66. The summed E-state index contributed by atoms with van der Waals surface area (Å²) in [5.74, 6) is 0.0304. The van der Waals surface area contributed by atoms with Crippen LogP contribution < -0.4 is 5.73 Å². The number of piperidine rings is 1. The molecule has 1 saturated heterocycles. The van der Waals surface area contributed by atoms with Crippen molar-refractivity contribution >= 4 is 5.91 Å². The molecule has 2 atom stereocenters. The van der Waals surface area contributed by atoms with Crippen LogP contribution in [-0.4, -0.2) is 41.7 Å². The van der Waals surface area contributed by atoms with E-state index in [0.29, 0.717) is 12.8 Å². The number of hydrogen-bond acceptors (Lipinski definition) is 3. The number of amides is 1. The van der Waals surface area contributed by atoms with Gasteiger partial charge in [-0.15, -0.1) is 0 Å². The lowest BCUT2D eigenvalue weighted by atomic mass is 9.99. The Morgan fingerprint density at radius 3 is 3.00 bits per heavy atom. The molecule has 1 amide bonds. The first kappa shape index (κ1) is 8.49. The normalized spacial score (nSPS) is 32.6. The van der Waals surface area contributed by atoms with Crippen molar-refractivity contribution in [2.45, 2.75) is 24.9 Å². The topological polar surface area (TPSA) is 66.6 Å². The molecule has 1 aliphatic heterocycles. The predicted molar refractivity (Wildman–Crippen MR) is 40.9 cm³/mol. The summed E-state index contributed by atoms with van der Waals surface area (Å²) in [4.78, 5) is 12.7. The van der Waals surface area contributed by atoms with E-state index in [1.807, 2.05) is 0 Å². The fraction of sp³-hybridized carbons (Fsp3) is 0.857. The number of aliphatic hydroxyl groups excluding tert-OH is 1. The van der Waals surface area contributed by atoms with Crippen molar-refractivity contribution in [3.63, 3.8) is 0 Å². The summed E-state index contributed by atoms with van der Waals surface area (Å²) in [5.41, 5.74) is 5.59. The van der Waals surface area contributed by atoms with E-state index in [-0.39, 0.29) is 24.6 Å². The van der Waals surface area contributed by atoms with Crippen molar-refractivity contribution in [1.29, 1.82) is 0 Å². The molecular weight excluding hydrogens is 144 g/mol. The van der Waals surface area contributed by atoms with Crippen LogP contribution in [0.5, 0.6) is 0 Å². The van der Waals surface area contributed by atoms with Crippen LogP contribution in [0.4, 0.5) is 0 Å². The second-order valence-corrected chi connectivity index (χ2v) is 3.04. The Labute approximate surface area is 66.0 Å². The number of likely N-dealkylation sites (tertiary alicyclic amines) is 1. The summed E-state index contributed by atoms with van der Waals surface area (Å²) in [6.07, 6.45) is 1.12. The van der Waals surface area contributed by atoms with Crippen LogP contribution >= 0.6 is 0 Å². The van der Waals surface area contributed by atoms with E-state index in [9.17, 15) is 4.79 Å². The van der Waals surface area contributed by atoms with Gasteiger partial charge in [0.15, 0.2) is 0 Å². The summed E-state index contributed by atoms with van der Waals surface area (Å²) in [6, 6.07) is -0.151. The molecule has 0 aliphatic carbocycles. The largest absolute Gasteiger partial charge is 0.394 e. The van der Waals surface area contributed by atoms with E-state index in [4.69, 9.17) is 10.8 Å². The van der Waals surface area contributed by atoms with Crippen LogP contribution in [0.2, 0.25) is 0 Å². The molecule has 1 rings (SSSR count). The average Bonchev–Trinajstić information content (AvgIpc) is 1.96. The van der Waals surface area contributed by atoms with E-state index >= 15 is 0 Å². The Balaban J connectivity index is 2.58. The van der Waals surface area contributed by atoms with Crippen LogP contribution in [0.15, 0.2) is 0 Å². The van der Waals surface area contributed by atoms with Gasteiger partial charge >= 0.3 is 0 Å². The first-order chi connectivity index (χ1) is 5.15. The zero-order chi connectivity index (χ0) is 8.43. The van der Waals surface area contributed by atoms with E-state index in [1.165, 1.54) is 0 Å². The highest BCUT2D eigenvalue weighted by atomic mass is 16.3. The maximum Gasteiger partial charge on any atom is 0.224 e. The minimum absolute atomic E-state index is 0.00986. The molecule has 4 nitrogen and oxygen atoms in total. The number of aliphatic hydroxyl groups is 1. The first-order valence-electron chi connectivity index (χ1n) is 3.77. The summed E-state index contributed by atoms with van der Waals surface area (Å²) in [6.45, 7) is 0.00986. The van der Waals surface area contributed by atoms with Gasteiger partial charge < -0.3 is 15.7 Å². The third kappa shape index (κ3) is 1.70. The molecule has 0 bridgehead atoms. The summed E-state index contributed by atoms with van der Waals surface area (Å²) < 4.78 is 0. The Bertz CT molecular complexity index is 161.